The number of sulfone groups is 1. The van der Waals surface area contributed by atoms with Crippen LogP contribution in [-0.2, 0) is 9.84 Å². The molecule has 0 aromatic heterocycles. The Hall–Kier alpha value is -0.130. The van der Waals surface area contributed by atoms with E-state index < -0.39 is 9.84 Å². The highest BCUT2D eigenvalue weighted by molar-refractivity contribution is 7.91. The summed E-state index contributed by atoms with van der Waals surface area (Å²) in [5, 5.41) is 3.55. The highest BCUT2D eigenvalue weighted by Gasteiger charge is 2.36. The molecule has 1 N–H and O–H groups in total. The minimum absolute atomic E-state index is 0.0805. The van der Waals surface area contributed by atoms with Gasteiger partial charge >= 0.3 is 0 Å². The van der Waals surface area contributed by atoms with E-state index in [2.05, 4.69) is 31.0 Å². The van der Waals surface area contributed by atoms with E-state index in [1.165, 1.54) is 0 Å². The molecule has 0 aromatic rings. The molecule has 17 heavy (non-hydrogen) atoms. The summed E-state index contributed by atoms with van der Waals surface area (Å²) < 4.78 is 23.1. The van der Waals surface area contributed by atoms with Crippen molar-refractivity contribution in [1.82, 2.24) is 10.2 Å². The monoisotopic (exact) mass is 260 g/mol. The molecule has 0 aliphatic carbocycles. The molecule has 0 spiro atoms. The average molecular weight is 260 g/mol. The third-order valence-corrected chi connectivity index (χ3v) is 5.55. The van der Waals surface area contributed by atoms with Gasteiger partial charge in [-0.1, -0.05) is 6.92 Å². The lowest BCUT2D eigenvalue weighted by atomic mass is 10.0. The first kappa shape index (κ1) is 13.3. The number of hydrogen-bond donors (Lipinski definition) is 1. The number of nitrogens with one attached hydrogen (secondary N) is 1. The summed E-state index contributed by atoms with van der Waals surface area (Å²) in [5.74, 6) is 1.31. The predicted molar refractivity (Wildman–Crippen MR) is 69.9 cm³/mol. The van der Waals surface area contributed by atoms with Gasteiger partial charge in [-0.3, -0.25) is 4.90 Å². The van der Waals surface area contributed by atoms with E-state index in [0.29, 0.717) is 17.4 Å². The summed E-state index contributed by atoms with van der Waals surface area (Å²) in [6.07, 6.45) is 0.811. The molecule has 5 heteroatoms. The van der Waals surface area contributed by atoms with Crippen LogP contribution < -0.4 is 5.32 Å². The highest BCUT2D eigenvalue weighted by Crippen LogP contribution is 2.23. The number of nitrogens with zero attached hydrogens (tertiary/aromatic N) is 1. The van der Waals surface area contributed by atoms with Crippen molar-refractivity contribution in [2.24, 2.45) is 5.92 Å². The Balaban J connectivity index is 2.08. The van der Waals surface area contributed by atoms with Crippen LogP contribution in [0.25, 0.3) is 0 Å². The fraction of sp³-hybridized carbons (Fsp3) is 1.00. The maximum absolute atomic E-state index is 11.6. The second kappa shape index (κ2) is 4.52. The van der Waals surface area contributed by atoms with Crippen molar-refractivity contribution in [2.45, 2.75) is 38.8 Å². The highest BCUT2D eigenvalue weighted by atomic mass is 32.2. The normalized spacial score (nSPS) is 37.8. The van der Waals surface area contributed by atoms with Crippen molar-refractivity contribution in [2.75, 3.05) is 31.1 Å². The molecule has 0 aromatic carbocycles. The van der Waals surface area contributed by atoms with Gasteiger partial charge in [-0.25, -0.2) is 8.42 Å². The molecule has 2 atom stereocenters. The van der Waals surface area contributed by atoms with Crippen LogP contribution in [0.2, 0.25) is 0 Å². The fourth-order valence-electron chi connectivity index (χ4n) is 2.89. The van der Waals surface area contributed by atoms with Gasteiger partial charge in [0.1, 0.15) is 0 Å². The molecule has 2 heterocycles. The molecule has 2 fully saturated rings. The smallest absolute Gasteiger partial charge is 0.151 e. The van der Waals surface area contributed by atoms with E-state index in [0.717, 1.165) is 26.1 Å². The molecule has 2 unspecified atom stereocenters. The minimum atomic E-state index is -2.77. The molecule has 2 aliphatic heterocycles. The lowest BCUT2D eigenvalue weighted by molar-refractivity contribution is 0.172. The van der Waals surface area contributed by atoms with Gasteiger partial charge in [0, 0.05) is 24.7 Å². The van der Waals surface area contributed by atoms with Crippen LogP contribution in [-0.4, -0.2) is 56.0 Å². The molecular formula is C12H24N2O2S. The Morgan fingerprint density at radius 2 is 2.06 bits per heavy atom. The molecule has 100 valence electrons. The zero-order valence-corrected chi connectivity index (χ0v) is 11.9. The van der Waals surface area contributed by atoms with Crippen LogP contribution in [0.4, 0.5) is 0 Å². The van der Waals surface area contributed by atoms with Crippen molar-refractivity contribution < 1.29 is 8.42 Å². The standard InChI is InChI=1S/C12H24N2O2S/c1-10-6-13-12(2,3)9-14(7-10)11-4-5-17(15,16)8-11/h10-11,13H,4-9H2,1-3H3. The Labute approximate surface area is 105 Å². The van der Waals surface area contributed by atoms with Crippen LogP contribution >= 0.6 is 0 Å². The van der Waals surface area contributed by atoms with Crippen molar-refractivity contribution in [1.29, 1.82) is 0 Å². The van der Waals surface area contributed by atoms with Crippen molar-refractivity contribution in [3.8, 4) is 0 Å². The fourth-order valence-corrected chi connectivity index (χ4v) is 4.65. The second-order valence-electron chi connectivity index (χ2n) is 6.36. The Kier molecular flexibility index (Phi) is 3.54. The molecule has 0 saturated carbocycles. The maximum Gasteiger partial charge on any atom is 0.151 e. The lowest BCUT2D eigenvalue weighted by Crippen LogP contribution is -2.49. The van der Waals surface area contributed by atoms with Gasteiger partial charge in [-0.15, -0.1) is 0 Å². The Morgan fingerprint density at radius 3 is 2.65 bits per heavy atom. The molecule has 2 aliphatic rings. The minimum Gasteiger partial charge on any atom is -0.310 e. The SMILES string of the molecule is CC1CNC(C)(C)CN(C2CCS(=O)(=O)C2)C1. The Bertz CT molecular complexity index is 378. The van der Waals surface area contributed by atoms with Gasteiger partial charge < -0.3 is 5.32 Å². The third kappa shape index (κ3) is 3.42. The van der Waals surface area contributed by atoms with Crippen LogP contribution in [0.3, 0.4) is 0 Å². The first-order valence-corrected chi connectivity index (χ1v) is 8.29. The summed E-state index contributed by atoms with van der Waals surface area (Å²) in [6.45, 7) is 9.59. The largest absolute Gasteiger partial charge is 0.310 e. The maximum atomic E-state index is 11.6. The van der Waals surface area contributed by atoms with Crippen LogP contribution in [0.15, 0.2) is 0 Å². The zero-order chi connectivity index (χ0) is 12.7. The van der Waals surface area contributed by atoms with E-state index in [-0.39, 0.29) is 11.6 Å². The molecule has 0 radical (unpaired) electrons. The molecule has 2 saturated heterocycles. The number of hydrogen-bond acceptors (Lipinski definition) is 4. The van der Waals surface area contributed by atoms with Crippen molar-refractivity contribution in [3.63, 3.8) is 0 Å². The summed E-state index contributed by atoms with van der Waals surface area (Å²) in [7, 11) is -2.77. The quantitative estimate of drug-likeness (QED) is 0.745. The first-order valence-electron chi connectivity index (χ1n) is 6.47. The zero-order valence-electron chi connectivity index (χ0n) is 11.1. The van der Waals surface area contributed by atoms with Gasteiger partial charge in [0.25, 0.3) is 0 Å². The van der Waals surface area contributed by atoms with Gasteiger partial charge in [0.2, 0.25) is 0 Å². The van der Waals surface area contributed by atoms with Gasteiger partial charge in [0.15, 0.2) is 9.84 Å². The summed E-state index contributed by atoms with van der Waals surface area (Å²) in [5.41, 5.74) is 0.0805. The van der Waals surface area contributed by atoms with Gasteiger partial charge in [-0.05, 0) is 32.7 Å². The van der Waals surface area contributed by atoms with E-state index in [9.17, 15) is 8.42 Å². The number of rotatable bonds is 1. The molecule has 2 rings (SSSR count). The van der Waals surface area contributed by atoms with Crippen molar-refractivity contribution in [3.05, 3.63) is 0 Å². The Morgan fingerprint density at radius 1 is 1.35 bits per heavy atom. The van der Waals surface area contributed by atoms with E-state index >= 15 is 0 Å². The molecule has 0 bridgehead atoms. The topological polar surface area (TPSA) is 49.4 Å². The predicted octanol–water partition coefficient (Wildman–Crippen LogP) is 0.493. The second-order valence-corrected chi connectivity index (χ2v) is 8.58. The van der Waals surface area contributed by atoms with E-state index in [1.807, 2.05) is 0 Å². The van der Waals surface area contributed by atoms with Crippen LogP contribution in [0, 0.1) is 5.92 Å². The molecule has 0 amide bonds. The van der Waals surface area contributed by atoms with Gasteiger partial charge in [-0.2, -0.15) is 0 Å². The first-order chi connectivity index (χ1) is 7.77. The van der Waals surface area contributed by atoms with Gasteiger partial charge in [0.05, 0.1) is 11.5 Å². The van der Waals surface area contributed by atoms with Crippen LogP contribution in [0.5, 0.6) is 0 Å². The third-order valence-electron chi connectivity index (χ3n) is 3.80. The lowest BCUT2D eigenvalue weighted by Gasteiger charge is -2.33. The van der Waals surface area contributed by atoms with E-state index in [4.69, 9.17) is 0 Å². The summed E-state index contributed by atoms with van der Waals surface area (Å²) >= 11 is 0. The molecular weight excluding hydrogens is 236 g/mol. The van der Waals surface area contributed by atoms with Crippen molar-refractivity contribution >= 4 is 9.84 Å². The summed E-state index contributed by atoms with van der Waals surface area (Å²) in [6, 6.07) is 0.238. The van der Waals surface area contributed by atoms with E-state index in [1.54, 1.807) is 0 Å². The molecule has 4 nitrogen and oxygen atoms in total. The summed E-state index contributed by atoms with van der Waals surface area (Å²) in [4.78, 5) is 2.38. The average Bonchev–Trinajstić information content (AvgIpc) is 2.48. The van der Waals surface area contributed by atoms with Crippen LogP contribution in [0.1, 0.15) is 27.2 Å².